The highest BCUT2D eigenvalue weighted by molar-refractivity contribution is 7.92. The SMILES string of the molecule is COc1ccc(C(=O)[C@@H](C)OC(=O)c2cccc(S(=O)(=O)N(C)c3ccc(C)cc3)c2)c(OC)c1. The standard InChI is InChI=1S/C26H27NO7S/c1-17-9-11-20(12-10-17)27(3)35(30,31)22-8-6-7-19(15-22)26(29)34-18(2)25(28)23-14-13-21(32-4)16-24(23)33-5/h6-16,18H,1-5H3/t18-/m1/s1. The van der Waals surface area contributed by atoms with Crippen LogP contribution in [0.1, 0.15) is 33.2 Å². The highest BCUT2D eigenvalue weighted by Gasteiger charge is 2.26. The van der Waals surface area contributed by atoms with E-state index in [0.717, 1.165) is 9.87 Å². The number of ether oxygens (including phenoxy) is 3. The van der Waals surface area contributed by atoms with E-state index < -0.39 is 27.9 Å². The molecule has 184 valence electrons. The molecule has 35 heavy (non-hydrogen) atoms. The number of nitrogens with zero attached hydrogens (tertiary/aromatic N) is 1. The Hall–Kier alpha value is -3.85. The summed E-state index contributed by atoms with van der Waals surface area (Å²) in [5.41, 5.74) is 1.71. The maximum atomic E-state index is 13.1. The number of methoxy groups -OCH3 is 2. The number of carbonyl (C=O) groups is 2. The third-order valence-corrected chi connectivity index (χ3v) is 7.23. The number of aryl methyl sites for hydroxylation is 1. The number of benzene rings is 3. The molecule has 0 spiro atoms. The summed E-state index contributed by atoms with van der Waals surface area (Å²) in [7, 11) is 0.416. The fourth-order valence-electron chi connectivity index (χ4n) is 3.34. The average molecular weight is 498 g/mol. The van der Waals surface area contributed by atoms with E-state index >= 15 is 0 Å². The Morgan fingerprint density at radius 2 is 1.60 bits per heavy atom. The molecule has 0 saturated carbocycles. The first-order valence-electron chi connectivity index (χ1n) is 10.7. The third-order valence-electron chi connectivity index (χ3n) is 5.45. The fraction of sp³-hybridized carbons (Fsp3) is 0.231. The summed E-state index contributed by atoms with van der Waals surface area (Å²) in [6.07, 6.45) is -1.14. The molecule has 1 atom stereocenters. The van der Waals surface area contributed by atoms with E-state index in [-0.39, 0.29) is 21.8 Å². The molecule has 0 fully saturated rings. The van der Waals surface area contributed by atoms with Crippen LogP contribution >= 0.6 is 0 Å². The summed E-state index contributed by atoms with van der Waals surface area (Å²) < 4.78 is 43.1. The Balaban J connectivity index is 1.80. The molecule has 9 heteroatoms. The van der Waals surface area contributed by atoms with Crippen LogP contribution in [-0.2, 0) is 14.8 Å². The first-order valence-corrected chi connectivity index (χ1v) is 12.2. The van der Waals surface area contributed by atoms with Crippen molar-refractivity contribution < 1.29 is 32.2 Å². The molecular weight excluding hydrogens is 470 g/mol. The zero-order valence-electron chi connectivity index (χ0n) is 20.1. The van der Waals surface area contributed by atoms with Crippen LogP contribution in [-0.4, -0.2) is 47.5 Å². The van der Waals surface area contributed by atoms with Gasteiger partial charge in [-0.2, -0.15) is 0 Å². The molecule has 0 unspecified atom stereocenters. The maximum Gasteiger partial charge on any atom is 0.338 e. The number of carbonyl (C=O) groups excluding carboxylic acids is 2. The second-order valence-electron chi connectivity index (χ2n) is 7.81. The van der Waals surface area contributed by atoms with Crippen LogP contribution in [0.15, 0.2) is 71.6 Å². The van der Waals surface area contributed by atoms with Gasteiger partial charge < -0.3 is 14.2 Å². The van der Waals surface area contributed by atoms with Crippen LogP contribution < -0.4 is 13.8 Å². The Labute approximate surface area is 205 Å². The quantitative estimate of drug-likeness (QED) is 0.322. The topological polar surface area (TPSA) is 99.2 Å². The van der Waals surface area contributed by atoms with Crippen LogP contribution in [0.4, 0.5) is 5.69 Å². The van der Waals surface area contributed by atoms with Crippen LogP contribution in [0.3, 0.4) is 0 Å². The smallest absolute Gasteiger partial charge is 0.338 e. The zero-order chi connectivity index (χ0) is 25.8. The highest BCUT2D eigenvalue weighted by Crippen LogP contribution is 2.27. The number of hydrogen-bond acceptors (Lipinski definition) is 7. The minimum Gasteiger partial charge on any atom is -0.497 e. The van der Waals surface area contributed by atoms with Crippen molar-refractivity contribution in [2.75, 3.05) is 25.6 Å². The summed E-state index contributed by atoms with van der Waals surface area (Å²) in [6, 6.07) is 17.2. The average Bonchev–Trinajstić information content (AvgIpc) is 2.87. The van der Waals surface area contributed by atoms with E-state index in [4.69, 9.17) is 14.2 Å². The molecule has 0 amide bonds. The van der Waals surface area contributed by atoms with Crippen molar-refractivity contribution in [2.45, 2.75) is 24.8 Å². The van der Waals surface area contributed by atoms with Gasteiger partial charge in [0.05, 0.1) is 35.9 Å². The molecule has 3 aromatic carbocycles. The van der Waals surface area contributed by atoms with E-state index in [9.17, 15) is 18.0 Å². The van der Waals surface area contributed by atoms with Crippen molar-refractivity contribution in [1.29, 1.82) is 0 Å². The minimum absolute atomic E-state index is 0.00438. The summed E-state index contributed by atoms with van der Waals surface area (Å²) in [6.45, 7) is 3.35. The first kappa shape index (κ1) is 25.8. The molecule has 0 aromatic heterocycles. The van der Waals surface area contributed by atoms with Crippen LogP contribution in [0.5, 0.6) is 11.5 Å². The van der Waals surface area contributed by atoms with Gasteiger partial charge in [-0.25, -0.2) is 13.2 Å². The molecule has 3 rings (SSSR count). The van der Waals surface area contributed by atoms with Gasteiger partial charge in [0.15, 0.2) is 6.10 Å². The van der Waals surface area contributed by atoms with Crippen LogP contribution in [0.25, 0.3) is 0 Å². The lowest BCUT2D eigenvalue weighted by atomic mass is 10.1. The van der Waals surface area contributed by atoms with E-state index in [2.05, 4.69) is 0 Å². The molecule has 0 bridgehead atoms. The number of rotatable bonds is 9. The van der Waals surface area contributed by atoms with Gasteiger partial charge in [-0.15, -0.1) is 0 Å². The lowest BCUT2D eigenvalue weighted by Gasteiger charge is -2.20. The molecule has 8 nitrogen and oxygen atoms in total. The first-order chi connectivity index (χ1) is 16.6. The number of hydrogen-bond donors (Lipinski definition) is 0. The minimum atomic E-state index is -3.93. The second-order valence-corrected chi connectivity index (χ2v) is 9.78. The Kier molecular flexibility index (Phi) is 7.81. The Morgan fingerprint density at radius 3 is 2.23 bits per heavy atom. The molecule has 3 aromatic rings. The number of ketones is 1. The second kappa shape index (κ2) is 10.6. The van der Waals surface area contributed by atoms with Gasteiger partial charge in [0.2, 0.25) is 5.78 Å². The van der Waals surface area contributed by atoms with E-state index in [1.54, 1.807) is 24.3 Å². The van der Waals surface area contributed by atoms with Crippen LogP contribution in [0, 0.1) is 6.92 Å². The largest absolute Gasteiger partial charge is 0.497 e. The van der Waals surface area contributed by atoms with Crippen molar-refractivity contribution in [3.63, 3.8) is 0 Å². The Bertz CT molecular complexity index is 1330. The lowest BCUT2D eigenvalue weighted by molar-refractivity contribution is 0.0317. The fourth-order valence-corrected chi connectivity index (χ4v) is 4.58. The van der Waals surface area contributed by atoms with Crippen molar-refractivity contribution in [3.8, 4) is 11.5 Å². The maximum absolute atomic E-state index is 13.1. The lowest BCUT2D eigenvalue weighted by Crippen LogP contribution is -2.27. The van der Waals surface area contributed by atoms with Gasteiger partial charge in [-0.05, 0) is 56.3 Å². The van der Waals surface area contributed by atoms with Gasteiger partial charge >= 0.3 is 5.97 Å². The molecule has 0 radical (unpaired) electrons. The van der Waals surface area contributed by atoms with Crippen molar-refractivity contribution in [2.24, 2.45) is 0 Å². The molecule has 0 saturated heterocycles. The van der Waals surface area contributed by atoms with Gasteiger partial charge in [0.1, 0.15) is 11.5 Å². The normalized spacial score (nSPS) is 11.9. The zero-order valence-corrected chi connectivity index (χ0v) is 21.0. The summed E-state index contributed by atoms with van der Waals surface area (Å²) >= 11 is 0. The van der Waals surface area contributed by atoms with Gasteiger partial charge in [0.25, 0.3) is 10.0 Å². The van der Waals surface area contributed by atoms with Crippen LogP contribution in [0.2, 0.25) is 0 Å². The van der Waals surface area contributed by atoms with Gasteiger partial charge in [-0.1, -0.05) is 23.8 Å². The number of sulfonamides is 1. The molecule has 0 aliphatic heterocycles. The number of anilines is 1. The third kappa shape index (κ3) is 5.63. The van der Waals surface area contributed by atoms with Gasteiger partial charge in [-0.3, -0.25) is 9.10 Å². The Morgan fingerprint density at radius 1 is 0.914 bits per heavy atom. The van der Waals surface area contributed by atoms with Crippen molar-refractivity contribution >= 4 is 27.5 Å². The molecule has 0 heterocycles. The molecule has 0 N–H and O–H groups in total. The summed E-state index contributed by atoms with van der Waals surface area (Å²) in [5, 5.41) is 0. The molecule has 0 aliphatic carbocycles. The highest BCUT2D eigenvalue weighted by atomic mass is 32.2. The molecule has 0 aliphatic rings. The number of esters is 1. The predicted octanol–water partition coefficient (Wildman–Crippen LogP) is 4.27. The molecular formula is C26H27NO7S. The predicted molar refractivity (Wildman–Crippen MR) is 132 cm³/mol. The number of Topliss-reactive ketones (excluding diaryl/α,β-unsaturated/α-hetero) is 1. The van der Waals surface area contributed by atoms with E-state index in [1.165, 1.54) is 58.5 Å². The van der Waals surface area contributed by atoms with E-state index in [0.29, 0.717) is 11.4 Å². The van der Waals surface area contributed by atoms with Crippen molar-refractivity contribution in [3.05, 3.63) is 83.4 Å². The van der Waals surface area contributed by atoms with Gasteiger partial charge in [0, 0.05) is 13.1 Å². The van der Waals surface area contributed by atoms with E-state index in [1.807, 2.05) is 19.1 Å². The van der Waals surface area contributed by atoms with Crippen molar-refractivity contribution in [1.82, 2.24) is 0 Å². The monoisotopic (exact) mass is 497 g/mol. The summed E-state index contributed by atoms with van der Waals surface area (Å²) in [5.74, 6) is -0.504. The summed E-state index contributed by atoms with van der Waals surface area (Å²) in [4.78, 5) is 25.6.